The third-order valence-electron chi connectivity index (χ3n) is 2.50. The Balaban J connectivity index is 2.74. The molecule has 98 valence electrons. The molecule has 0 saturated carbocycles. The summed E-state index contributed by atoms with van der Waals surface area (Å²) in [6.07, 6.45) is 5.82. The van der Waals surface area contributed by atoms with E-state index < -0.39 is 11.4 Å². The van der Waals surface area contributed by atoms with Crippen LogP contribution in [-0.2, 0) is 0 Å². The Labute approximate surface area is 112 Å². The standard InChI is InChI=1S/C12H10ClFN4O/c1-3-17-4-5-18(12(19)11(17)15-2)8-6-9(14)10(13)16-7-8/h3-7H,1H2,2H3. The molecule has 0 unspecified atom stereocenters. The van der Waals surface area contributed by atoms with E-state index in [0.29, 0.717) is 0 Å². The van der Waals surface area contributed by atoms with Crippen LogP contribution in [0.15, 0.2) is 41.0 Å². The maximum Gasteiger partial charge on any atom is 0.298 e. The van der Waals surface area contributed by atoms with Crippen molar-refractivity contribution in [3.8, 4) is 5.69 Å². The summed E-state index contributed by atoms with van der Waals surface area (Å²) in [7, 11) is 1.49. The van der Waals surface area contributed by atoms with E-state index in [1.807, 2.05) is 0 Å². The van der Waals surface area contributed by atoms with Gasteiger partial charge in [0.1, 0.15) is 0 Å². The fourth-order valence-electron chi connectivity index (χ4n) is 1.60. The van der Waals surface area contributed by atoms with Crippen LogP contribution in [0.2, 0.25) is 5.15 Å². The SMILES string of the molecule is C=Cn1ccn(-c2cnc(Cl)c(F)c2)c(=O)c1=NC. The lowest BCUT2D eigenvalue weighted by atomic mass is 10.4. The second kappa shape index (κ2) is 5.19. The lowest BCUT2D eigenvalue weighted by Gasteiger charge is -2.07. The van der Waals surface area contributed by atoms with Crippen molar-refractivity contribution in [1.29, 1.82) is 0 Å². The molecule has 0 aromatic carbocycles. The fourth-order valence-corrected chi connectivity index (χ4v) is 1.70. The highest BCUT2D eigenvalue weighted by atomic mass is 35.5. The van der Waals surface area contributed by atoms with Gasteiger partial charge in [-0.05, 0) is 0 Å². The minimum absolute atomic E-state index is 0.174. The maximum absolute atomic E-state index is 13.4. The summed E-state index contributed by atoms with van der Waals surface area (Å²) in [6.45, 7) is 3.57. The highest BCUT2D eigenvalue weighted by Gasteiger charge is 2.07. The number of hydrogen-bond acceptors (Lipinski definition) is 3. The molecule has 0 aliphatic rings. The van der Waals surface area contributed by atoms with Crippen LogP contribution >= 0.6 is 11.6 Å². The summed E-state index contributed by atoms with van der Waals surface area (Å²) in [5, 5.41) is -0.241. The molecule has 0 aliphatic heterocycles. The van der Waals surface area contributed by atoms with Gasteiger partial charge in [0.2, 0.25) is 0 Å². The summed E-state index contributed by atoms with van der Waals surface area (Å²) in [4.78, 5) is 19.7. The van der Waals surface area contributed by atoms with Crippen molar-refractivity contribution in [3.63, 3.8) is 0 Å². The van der Waals surface area contributed by atoms with Crippen LogP contribution in [0.1, 0.15) is 0 Å². The topological polar surface area (TPSA) is 52.2 Å². The Kier molecular flexibility index (Phi) is 3.62. The summed E-state index contributed by atoms with van der Waals surface area (Å²) in [6, 6.07) is 1.13. The monoisotopic (exact) mass is 280 g/mol. The number of halogens is 2. The molecule has 7 heteroatoms. The van der Waals surface area contributed by atoms with Gasteiger partial charge in [-0.1, -0.05) is 18.2 Å². The second-order valence-corrected chi connectivity index (χ2v) is 3.93. The molecule has 0 N–H and O–H groups in total. The van der Waals surface area contributed by atoms with Gasteiger partial charge < -0.3 is 4.57 Å². The van der Waals surface area contributed by atoms with Crippen LogP contribution in [-0.4, -0.2) is 21.2 Å². The summed E-state index contributed by atoms with van der Waals surface area (Å²) < 4.78 is 16.1. The number of rotatable bonds is 2. The smallest absolute Gasteiger partial charge is 0.298 e. The molecule has 0 amide bonds. The van der Waals surface area contributed by atoms with E-state index in [4.69, 9.17) is 11.6 Å². The highest BCUT2D eigenvalue weighted by Crippen LogP contribution is 2.13. The molecule has 0 aliphatic carbocycles. The van der Waals surface area contributed by atoms with Crippen molar-refractivity contribution < 1.29 is 4.39 Å². The zero-order valence-electron chi connectivity index (χ0n) is 10.0. The van der Waals surface area contributed by atoms with E-state index in [0.717, 1.165) is 6.07 Å². The van der Waals surface area contributed by atoms with Gasteiger partial charge in [0, 0.05) is 31.7 Å². The molecule has 0 spiro atoms. The van der Waals surface area contributed by atoms with Crippen LogP contribution < -0.4 is 11.0 Å². The lowest BCUT2D eigenvalue weighted by molar-refractivity contribution is 0.619. The molecule has 2 rings (SSSR count). The molecule has 0 radical (unpaired) electrons. The summed E-state index contributed by atoms with van der Waals surface area (Å²) in [5.74, 6) is -0.693. The van der Waals surface area contributed by atoms with E-state index in [9.17, 15) is 9.18 Å². The largest absolute Gasteiger partial charge is 0.303 e. The Morgan fingerprint density at radius 1 is 1.53 bits per heavy atom. The van der Waals surface area contributed by atoms with E-state index in [2.05, 4.69) is 16.6 Å². The van der Waals surface area contributed by atoms with Gasteiger partial charge in [-0.3, -0.25) is 14.4 Å². The Bertz CT molecular complexity index is 763. The molecule has 2 heterocycles. The quantitative estimate of drug-likeness (QED) is 0.782. The highest BCUT2D eigenvalue weighted by molar-refractivity contribution is 6.29. The summed E-state index contributed by atoms with van der Waals surface area (Å²) >= 11 is 5.50. The molecule has 19 heavy (non-hydrogen) atoms. The predicted octanol–water partition coefficient (Wildman–Crippen LogP) is 1.46. The van der Waals surface area contributed by atoms with Crippen LogP contribution in [0.5, 0.6) is 0 Å². The van der Waals surface area contributed by atoms with Gasteiger partial charge in [-0.15, -0.1) is 0 Å². The first-order valence-corrected chi connectivity index (χ1v) is 5.67. The molecule has 0 bridgehead atoms. The van der Waals surface area contributed by atoms with Crippen LogP contribution in [0, 0.1) is 5.82 Å². The van der Waals surface area contributed by atoms with E-state index in [-0.39, 0.29) is 16.3 Å². The zero-order chi connectivity index (χ0) is 14.0. The number of pyridine rings is 1. The molecule has 0 saturated heterocycles. The van der Waals surface area contributed by atoms with Crippen molar-refractivity contribution >= 4 is 17.8 Å². The molecule has 2 aromatic heterocycles. The van der Waals surface area contributed by atoms with E-state index >= 15 is 0 Å². The Morgan fingerprint density at radius 3 is 2.84 bits per heavy atom. The third-order valence-corrected chi connectivity index (χ3v) is 2.78. The van der Waals surface area contributed by atoms with Crippen molar-refractivity contribution in [2.75, 3.05) is 7.05 Å². The van der Waals surface area contributed by atoms with Crippen molar-refractivity contribution in [2.24, 2.45) is 4.99 Å². The average Bonchev–Trinajstić information content (AvgIpc) is 2.41. The van der Waals surface area contributed by atoms with Crippen molar-refractivity contribution in [1.82, 2.24) is 14.1 Å². The zero-order valence-corrected chi connectivity index (χ0v) is 10.8. The van der Waals surface area contributed by atoms with E-state index in [1.165, 1.54) is 34.8 Å². The van der Waals surface area contributed by atoms with Gasteiger partial charge in [0.05, 0.1) is 11.9 Å². The number of aromatic nitrogens is 3. The fraction of sp³-hybridized carbons (Fsp3) is 0.0833. The first-order chi connectivity index (χ1) is 9.08. The molecule has 2 aromatic rings. The normalized spacial score (nSPS) is 11.6. The predicted molar refractivity (Wildman–Crippen MR) is 70.7 cm³/mol. The molecular formula is C12H10ClFN4O. The molecular weight excluding hydrogens is 271 g/mol. The second-order valence-electron chi connectivity index (χ2n) is 3.58. The van der Waals surface area contributed by atoms with Gasteiger partial charge in [0.15, 0.2) is 16.5 Å². The number of nitrogens with zero attached hydrogens (tertiary/aromatic N) is 4. The first-order valence-electron chi connectivity index (χ1n) is 5.29. The van der Waals surface area contributed by atoms with Crippen molar-refractivity contribution in [3.05, 3.63) is 58.0 Å². The third kappa shape index (κ3) is 2.34. The molecule has 5 nitrogen and oxygen atoms in total. The van der Waals surface area contributed by atoms with Gasteiger partial charge >= 0.3 is 0 Å². The minimum atomic E-state index is -0.693. The van der Waals surface area contributed by atoms with Crippen molar-refractivity contribution in [2.45, 2.75) is 0 Å². The Hall–Kier alpha value is -2.21. The molecule has 0 fully saturated rings. The minimum Gasteiger partial charge on any atom is -0.303 e. The molecule has 0 atom stereocenters. The van der Waals surface area contributed by atoms with Gasteiger partial charge in [0.25, 0.3) is 5.56 Å². The maximum atomic E-state index is 13.4. The average molecular weight is 281 g/mol. The first kappa shape index (κ1) is 13.2. The van der Waals surface area contributed by atoms with Gasteiger partial charge in [-0.2, -0.15) is 0 Å². The van der Waals surface area contributed by atoms with Gasteiger partial charge in [-0.25, -0.2) is 9.37 Å². The van der Waals surface area contributed by atoms with Crippen LogP contribution in [0.3, 0.4) is 0 Å². The van der Waals surface area contributed by atoms with Crippen LogP contribution in [0.4, 0.5) is 4.39 Å². The Morgan fingerprint density at radius 2 is 2.26 bits per heavy atom. The van der Waals surface area contributed by atoms with Crippen LogP contribution in [0.25, 0.3) is 11.9 Å². The lowest BCUT2D eigenvalue weighted by Crippen LogP contribution is -2.39. The summed E-state index contributed by atoms with van der Waals surface area (Å²) in [5.41, 5.74) is 0.0364. The van der Waals surface area contributed by atoms with E-state index in [1.54, 1.807) is 6.20 Å². The number of hydrogen-bond donors (Lipinski definition) is 0.